The normalized spacial score (nSPS) is 8.12. The van der Waals surface area contributed by atoms with Gasteiger partial charge in [-0.25, -0.2) is 0 Å². The van der Waals surface area contributed by atoms with Crippen LogP contribution in [0.2, 0.25) is 0 Å². The maximum atomic E-state index is 11.0. The summed E-state index contributed by atoms with van der Waals surface area (Å²) in [7, 11) is 1.58. The molecule has 0 aliphatic rings. The summed E-state index contributed by atoms with van der Waals surface area (Å²) in [4.78, 5) is 21.9. The first kappa shape index (κ1) is 21.4. The van der Waals surface area contributed by atoms with Crippen molar-refractivity contribution in [1.82, 2.24) is 5.32 Å². The van der Waals surface area contributed by atoms with Gasteiger partial charge in [-0.3, -0.25) is 9.59 Å². The zero-order valence-corrected chi connectivity index (χ0v) is 12.3. The Kier molecular flexibility index (Phi) is 25.8. The fourth-order valence-electron chi connectivity index (χ4n) is 0.811. The molecule has 0 radical (unpaired) electrons. The topological polar surface area (TPSA) is 55.4 Å². The molecule has 0 aliphatic carbocycles. The Bertz CT molecular complexity index is 170. The second kappa shape index (κ2) is 20.5. The maximum absolute atomic E-state index is 11.0. The molecule has 0 bridgehead atoms. The summed E-state index contributed by atoms with van der Waals surface area (Å²) < 4.78 is 4.76. The number of ketones is 1. The van der Waals surface area contributed by atoms with Gasteiger partial charge in [0.25, 0.3) is 0 Å². The summed E-state index contributed by atoms with van der Waals surface area (Å²) in [6, 6.07) is 0. The highest BCUT2D eigenvalue weighted by molar-refractivity contribution is 5.84. The van der Waals surface area contributed by atoms with Gasteiger partial charge >= 0.3 is 0 Å². The van der Waals surface area contributed by atoms with Crippen molar-refractivity contribution in [2.24, 2.45) is 0 Å². The highest BCUT2D eigenvalue weighted by Crippen LogP contribution is 1.93. The van der Waals surface area contributed by atoms with Crippen molar-refractivity contribution in [2.45, 2.75) is 53.9 Å². The summed E-state index contributed by atoms with van der Waals surface area (Å²) in [6.45, 7) is 10.8. The van der Waals surface area contributed by atoms with E-state index in [1.54, 1.807) is 14.0 Å². The summed E-state index contributed by atoms with van der Waals surface area (Å²) >= 11 is 0. The quantitative estimate of drug-likeness (QED) is 0.703. The number of carbonyl (C=O) groups is 2. The Hall–Kier alpha value is -0.900. The number of amides is 1. The number of carbonyl (C=O) groups excluding carboxylic acids is 2. The summed E-state index contributed by atoms with van der Waals surface area (Å²) in [5, 5.41) is 2.65. The number of Topliss-reactive ketones (excluding diaryl/α,β-unsaturated/α-hetero) is 1. The molecule has 0 rings (SSSR count). The van der Waals surface area contributed by atoms with Crippen LogP contribution in [0.1, 0.15) is 53.9 Å². The van der Waals surface area contributed by atoms with Gasteiger partial charge in [0, 0.05) is 32.9 Å². The van der Waals surface area contributed by atoms with Crippen molar-refractivity contribution in [3.05, 3.63) is 0 Å². The molecule has 17 heavy (non-hydrogen) atoms. The van der Waals surface area contributed by atoms with E-state index in [9.17, 15) is 9.59 Å². The van der Waals surface area contributed by atoms with Crippen LogP contribution in [0.25, 0.3) is 0 Å². The van der Waals surface area contributed by atoms with E-state index in [1.165, 1.54) is 0 Å². The van der Waals surface area contributed by atoms with Crippen LogP contribution in [0.5, 0.6) is 0 Å². The first-order valence-corrected chi connectivity index (χ1v) is 6.48. The third kappa shape index (κ3) is 21.0. The van der Waals surface area contributed by atoms with E-state index >= 15 is 0 Å². The third-order valence-corrected chi connectivity index (χ3v) is 1.65. The van der Waals surface area contributed by atoms with E-state index in [2.05, 4.69) is 5.32 Å². The average Bonchev–Trinajstić information content (AvgIpc) is 2.41. The minimum absolute atomic E-state index is 0.0844. The average molecular weight is 247 g/mol. The summed E-state index contributed by atoms with van der Waals surface area (Å²) in [6.07, 6.45) is 1.14. The van der Waals surface area contributed by atoms with Crippen LogP contribution in [-0.4, -0.2) is 32.0 Å². The van der Waals surface area contributed by atoms with E-state index in [0.717, 1.165) is 0 Å². The number of rotatable bonds is 7. The molecule has 0 saturated carbocycles. The SMILES string of the molecule is CC.CC.CCC(=O)CCC(=O)NCCOC. The largest absolute Gasteiger partial charge is 0.383 e. The lowest BCUT2D eigenvalue weighted by Gasteiger charge is -2.02. The van der Waals surface area contributed by atoms with Crippen LogP contribution in [0.3, 0.4) is 0 Å². The molecule has 0 heterocycles. The Morgan fingerprint density at radius 3 is 2.00 bits per heavy atom. The van der Waals surface area contributed by atoms with E-state index in [1.807, 2.05) is 27.7 Å². The second-order valence-electron chi connectivity index (χ2n) is 2.73. The predicted octanol–water partition coefficient (Wildman–Crippen LogP) is 2.56. The molecule has 0 unspecified atom stereocenters. The van der Waals surface area contributed by atoms with Gasteiger partial charge in [0.1, 0.15) is 5.78 Å². The van der Waals surface area contributed by atoms with Crippen LogP contribution < -0.4 is 5.32 Å². The number of hydrogen-bond donors (Lipinski definition) is 1. The maximum Gasteiger partial charge on any atom is 0.220 e. The molecule has 0 spiro atoms. The molecule has 0 saturated heterocycles. The van der Waals surface area contributed by atoms with Gasteiger partial charge in [0.05, 0.1) is 6.61 Å². The lowest BCUT2D eigenvalue weighted by Crippen LogP contribution is -2.27. The lowest BCUT2D eigenvalue weighted by atomic mass is 10.2. The Morgan fingerprint density at radius 1 is 1.06 bits per heavy atom. The summed E-state index contributed by atoms with van der Waals surface area (Å²) in [5.41, 5.74) is 0. The van der Waals surface area contributed by atoms with Crippen molar-refractivity contribution >= 4 is 11.7 Å². The molecule has 0 aromatic rings. The van der Waals surface area contributed by atoms with Crippen molar-refractivity contribution in [3.63, 3.8) is 0 Å². The van der Waals surface area contributed by atoms with Gasteiger partial charge in [-0.05, 0) is 0 Å². The van der Waals surface area contributed by atoms with Gasteiger partial charge in [0.15, 0.2) is 0 Å². The molecule has 4 nitrogen and oxygen atoms in total. The second-order valence-corrected chi connectivity index (χ2v) is 2.73. The molecule has 1 N–H and O–H groups in total. The van der Waals surface area contributed by atoms with Crippen LogP contribution in [-0.2, 0) is 14.3 Å². The van der Waals surface area contributed by atoms with E-state index in [4.69, 9.17) is 4.74 Å². The molecule has 0 aromatic carbocycles. The standard InChI is InChI=1S/C9H17NO3.2C2H6/c1-3-8(11)4-5-9(12)10-6-7-13-2;2*1-2/h3-7H2,1-2H3,(H,10,12);2*1-2H3. The minimum atomic E-state index is -0.0844. The molecule has 0 fully saturated rings. The van der Waals surface area contributed by atoms with Gasteiger partial charge in [0.2, 0.25) is 5.91 Å². The van der Waals surface area contributed by atoms with Gasteiger partial charge in [-0.1, -0.05) is 34.6 Å². The zero-order valence-electron chi connectivity index (χ0n) is 12.3. The minimum Gasteiger partial charge on any atom is -0.383 e. The Labute approximate surface area is 106 Å². The van der Waals surface area contributed by atoms with Gasteiger partial charge < -0.3 is 10.1 Å². The van der Waals surface area contributed by atoms with E-state index in [0.29, 0.717) is 26.0 Å². The number of methoxy groups -OCH3 is 1. The summed E-state index contributed by atoms with van der Waals surface area (Å²) in [5.74, 6) is 0.0424. The van der Waals surface area contributed by atoms with Crippen LogP contribution in [0, 0.1) is 0 Å². The molecule has 0 aliphatic heterocycles. The lowest BCUT2D eigenvalue weighted by molar-refractivity contribution is -0.125. The van der Waals surface area contributed by atoms with Crippen molar-refractivity contribution in [2.75, 3.05) is 20.3 Å². The number of nitrogens with one attached hydrogen (secondary N) is 1. The highest BCUT2D eigenvalue weighted by atomic mass is 16.5. The van der Waals surface area contributed by atoms with Crippen LogP contribution in [0.15, 0.2) is 0 Å². The van der Waals surface area contributed by atoms with Crippen molar-refractivity contribution in [3.8, 4) is 0 Å². The number of ether oxygens (including phenoxy) is 1. The van der Waals surface area contributed by atoms with Crippen molar-refractivity contribution < 1.29 is 14.3 Å². The molecule has 0 aromatic heterocycles. The van der Waals surface area contributed by atoms with Crippen LogP contribution in [0.4, 0.5) is 0 Å². The first-order valence-electron chi connectivity index (χ1n) is 6.48. The van der Waals surface area contributed by atoms with E-state index < -0.39 is 0 Å². The molecule has 1 amide bonds. The molecular weight excluding hydrogens is 218 g/mol. The van der Waals surface area contributed by atoms with E-state index in [-0.39, 0.29) is 18.1 Å². The van der Waals surface area contributed by atoms with Crippen molar-refractivity contribution in [1.29, 1.82) is 0 Å². The van der Waals surface area contributed by atoms with Gasteiger partial charge in [-0.15, -0.1) is 0 Å². The third-order valence-electron chi connectivity index (χ3n) is 1.65. The fraction of sp³-hybridized carbons (Fsp3) is 0.846. The van der Waals surface area contributed by atoms with Gasteiger partial charge in [-0.2, -0.15) is 0 Å². The highest BCUT2D eigenvalue weighted by Gasteiger charge is 2.03. The smallest absolute Gasteiger partial charge is 0.220 e. The monoisotopic (exact) mass is 247 g/mol. The number of hydrogen-bond acceptors (Lipinski definition) is 3. The molecular formula is C13H29NO3. The molecule has 104 valence electrons. The first-order chi connectivity index (χ1) is 8.20. The van der Waals surface area contributed by atoms with Crippen LogP contribution >= 0.6 is 0 Å². The molecule has 0 atom stereocenters. The Balaban J connectivity index is -0.000000439. The molecule has 4 heteroatoms. The fourth-order valence-corrected chi connectivity index (χ4v) is 0.811. The Morgan fingerprint density at radius 2 is 1.59 bits per heavy atom. The predicted molar refractivity (Wildman–Crippen MR) is 72.1 cm³/mol. The zero-order chi connectivity index (χ0) is 14.1.